The monoisotopic (exact) mass is 511 g/mol. The van der Waals surface area contributed by atoms with Gasteiger partial charge in [-0.2, -0.15) is 0 Å². The predicted octanol–water partition coefficient (Wildman–Crippen LogP) is 4.24. The van der Waals surface area contributed by atoms with Crippen LogP contribution < -0.4 is 5.32 Å². The van der Waals surface area contributed by atoms with E-state index in [1.165, 1.54) is 10.4 Å². The summed E-state index contributed by atoms with van der Waals surface area (Å²) in [5.74, 6) is 0.783. The van der Waals surface area contributed by atoms with E-state index in [-0.39, 0.29) is 12.3 Å². The summed E-state index contributed by atoms with van der Waals surface area (Å²) in [6.07, 6.45) is 2.11. The van der Waals surface area contributed by atoms with Gasteiger partial charge in [-0.1, -0.05) is 23.7 Å². The fourth-order valence-electron chi connectivity index (χ4n) is 4.67. The molecule has 0 aliphatic carbocycles. The lowest BCUT2D eigenvalue weighted by molar-refractivity contribution is -0.121. The Balaban J connectivity index is 1.46. The normalized spacial score (nSPS) is 17.9. The number of hydrogen-bond donors (Lipinski definition) is 1. The zero-order valence-electron chi connectivity index (χ0n) is 20.3. The van der Waals surface area contributed by atoms with Crippen molar-refractivity contribution in [3.05, 3.63) is 68.6 Å². The molecule has 0 bridgehead atoms. The Labute approximate surface area is 214 Å². The molecule has 1 amide bonds. The van der Waals surface area contributed by atoms with E-state index in [2.05, 4.69) is 35.6 Å². The Kier molecular flexibility index (Phi) is 7.07. The van der Waals surface area contributed by atoms with Crippen LogP contribution in [-0.2, 0) is 9.53 Å². The van der Waals surface area contributed by atoms with Gasteiger partial charge in [0, 0.05) is 59.1 Å². The number of nitrogens with one attached hydrogen (secondary N) is 1. The average molecular weight is 512 g/mol. The molecule has 3 aromatic rings. The van der Waals surface area contributed by atoms with Crippen LogP contribution in [0.4, 0.5) is 0 Å². The molecule has 2 aromatic heterocycles. The predicted molar refractivity (Wildman–Crippen MR) is 140 cm³/mol. The summed E-state index contributed by atoms with van der Waals surface area (Å²) in [5.41, 5.74) is 5.21. The molecule has 1 unspecified atom stereocenters. The number of halogens is 1. The van der Waals surface area contributed by atoms with Gasteiger partial charge in [-0.05, 0) is 38.5 Å². The number of carbonyl (C=O) groups is 1. The second kappa shape index (κ2) is 10.2. The molecular weight excluding hydrogens is 482 g/mol. The Bertz CT molecular complexity index is 1260. The Morgan fingerprint density at radius 1 is 1.20 bits per heavy atom. The first kappa shape index (κ1) is 24.2. The first-order chi connectivity index (χ1) is 16.9. The number of imidazole rings is 1. The van der Waals surface area contributed by atoms with Crippen molar-refractivity contribution in [3.8, 4) is 5.00 Å². The number of aryl methyl sites for hydroxylation is 2. The molecule has 1 atom stereocenters. The van der Waals surface area contributed by atoms with Crippen molar-refractivity contribution in [1.29, 1.82) is 0 Å². The Morgan fingerprint density at radius 2 is 1.94 bits per heavy atom. The quantitative estimate of drug-likeness (QED) is 0.537. The van der Waals surface area contributed by atoms with Crippen molar-refractivity contribution in [2.75, 3.05) is 39.4 Å². The maximum atomic E-state index is 13.0. The van der Waals surface area contributed by atoms with Crippen molar-refractivity contribution in [2.24, 2.45) is 4.99 Å². The number of hydrogen-bond acceptors (Lipinski definition) is 6. The maximum absolute atomic E-state index is 13.0. The van der Waals surface area contributed by atoms with Crippen LogP contribution in [0.15, 0.2) is 35.5 Å². The molecule has 35 heavy (non-hydrogen) atoms. The molecule has 7 nitrogen and oxygen atoms in total. The highest BCUT2D eigenvalue weighted by Crippen LogP contribution is 2.39. The summed E-state index contributed by atoms with van der Waals surface area (Å²) in [6.45, 7) is 11.1. The molecule has 0 spiro atoms. The van der Waals surface area contributed by atoms with Crippen LogP contribution in [0.1, 0.15) is 45.5 Å². The van der Waals surface area contributed by atoms with Crippen molar-refractivity contribution < 1.29 is 9.53 Å². The fraction of sp³-hybridized carbons (Fsp3) is 0.423. The van der Waals surface area contributed by atoms with Gasteiger partial charge in [0.05, 0.1) is 25.3 Å². The summed E-state index contributed by atoms with van der Waals surface area (Å²) in [5, 5.41) is 4.88. The maximum Gasteiger partial charge on any atom is 0.222 e. The van der Waals surface area contributed by atoms with Crippen LogP contribution in [0.3, 0.4) is 0 Å². The molecule has 2 aliphatic heterocycles. The first-order valence-corrected chi connectivity index (χ1v) is 13.2. The van der Waals surface area contributed by atoms with Gasteiger partial charge < -0.3 is 10.1 Å². The minimum Gasteiger partial charge on any atom is -0.379 e. The Morgan fingerprint density at radius 3 is 2.69 bits per heavy atom. The van der Waals surface area contributed by atoms with Crippen LogP contribution in [0.25, 0.3) is 5.00 Å². The SMILES string of the molecule is Cc1sc2c(c1C)C(c1ccc(Cl)cc1)=NC(CC(=O)NCCN1CCOCC1)c1ncc(C)n1-2. The number of benzene rings is 1. The van der Waals surface area contributed by atoms with Crippen molar-refractivity contribution in [2.45, 2.75) is 33.2 Å². The molecule has 1 aromatic carbocycles. The lowest BCUT2D eigenvalue weighted by Gasteiger charge is -2.26. The topological polar surface area (TPSA) is 71.8 Å². The van der Waals surface area contributed by atoms with Crippen molar-refractivity contribution >= 4 is 34.6 Å². The van der Waals surface area contributed by atoms with Crippen LogP contribution in [0.2, 0.25) is 5.02 Å². The highest BCUT2D eigenvalue weighted by Gasteiger charge is 2.31. The van der Waals surface area contributed by atoms with Gasteiger partial charge in [0.1, 0.15) is 16.9 Å². The van der Waals surface area contributed by atoms with E-state index in [4.69, 9.17) is 26.3 Å². The van der Waals surface area contributed by atoms with Crippen LogP contribution in [0, 0.1) is 20.8 Å². The van der Waals surface area contributed by atoms with Crippen molar-refractivity contribution in [1.82, 2.24) is 19.8 Å². The standard InChI is InChI=1S/C26H30ClN5O2S/c1-16-15-29-25-21(14-22(33)28-8-9-31-10-12-34-13-11-31)30-24(19-4-6-20(27)7-5-19)23-17(2)18(3)35-26(23)32(16)25/h4-7,15,21H,8-14H2,1-3H3,(H,28,33). The minimum atomic E-state index is -0.392. The zero-order valence-corrected chi connectivity index (χ0v) is 21.9. The third-order valence-corrected chi connectivity index (χ3v) is 8.15. The van der Waals surface area contributed by atoms with Gasteiger partial charge in [-0.15, -0.1) is 11.3 Å². The van der Waals surface area contributed by atoms with Crippen LogP contribution >= 0.6 is 22.9 Å². The molecule has 0 saturated carbocycles. The van der Waals surface area contributed by atoms with Crippen LogP contribution in [0.5, 0.6) is 0 Å². The van der Waals surface area contributed by atoms with Gasteiger partial charge in [-0.3, -0.25) is 19.3 Å². The van der Waals surface area contributed by atoms with E-state index in [0.717, 1.165) is 66.2 Å². The molecule has 0 radical (unpaired) electrons. The van der Waals surface area contributed by atoms with Gasteiger partial charge >= 0.3 is 0 Å². The first-order valence-electron chi connectivity index (χ1n) is 12.0. The summed E-state index contributed by atoms with van der Waals surface area (Å²) < 4.78 is 7.58. The Hall–Kier alpha value is -2.52. The number of amides is 1. The van der Waals surface area contributed by atoms with Gasteiger partial charge in [0.15, 0.2) is 0 Å². The highest BCUT2D eigenvalue weighted by atomic mass is 35.5. The number of fused-ring (bicyclic) bond motifs is 3. The molecule has 1 fully saturated rings. The van der Waals surface area contributed by atoms with Gasteiger partial charge in [-0.25, -0.2) is 4.98 Å². The summed E-state index contributed by atoms with van der Waals surface area (Å²) in [6, 6.07) is 7.37. The van der Waals surface area contributed by atoms with E-state index in [1.807, 2.05) is 30.5 Å². The number of morpholine rings is 1. The van der Waals surface area contributed by atoms with E-state index in [1.54, 1.807) is 11.3 Å². The molecule has 5 rings (SSSR count). The molecule has 9 heteroatoms. The second-order valence-electron chi connectivity index (χ2n) is 9.07. The summed E-state index contributed by atoms with van der Waals surface area (Å²) >= 11 is 7.93. The number of nitrogens with zero attached hydrogens (tertiary/aromatic N) is 4. The minimum absolute atomic E-state index is 0.0205. The van der Waals surface area contributed by atoms with E-state index >= 15 is 0 Å². The van der Waals surface area contributed by atoms with Crippen molar-refractivity contribution in [3.63, 3.8) is 0 Å². The van der Waals surface area contributed by atoms with E-state index in [9.17, 15) is 4.79 Å². The molecule has 1 saturated heterocycles. The number of carbonyl (C=O) groups excluding carboxylic acids is 1. The molecule has 1 N–H and O–H groups in total. The molecule has 4 heterocycles. The lowest BCUT2D eigenvalue weighted by Crippen LogP contribution is -2.41. The summed E-state index contributed by atoms with van der Waals surface area (Å²) in [4.78, 5) is 26.5. The lowest BCUT2D eigenvalue weighted by atomic mass is 9.99. The van der Waals surface area contributed by atoms with Gasteiger partial charge in [0.25, 0.3) is 0 Å². The smallest absolute Gasteiger partial charge is 0.222 e. The number of aliphatic imine (C=N–C) groups is 1. The molecule has 2 aliphatic rings. The average Bonchev–Trinajstić information content (AvgIpc) is 3.32. The summed E-state index contributed by atoms with van der Waals surface area (Å²) in [7, 11) is 0. The number of rotatable bonds is 6. The van der Waals surface area contributed by atoms with E-state index in [0.29, 0.717) is 11.6 Å². The third kappa shape index (κ3) is 4.93. The van der Waals surface area contributed by atoms with Gasteiger partial charge in [0.2, 0.25) is 5.91 Å². The zero-order chi connectivity index (χ0) is 24.5. The fourth-order valence-corrected chi connectivity index (χ4v) is 6.02. The number of thiophene rings is 1. The molecular formula is C26H30ClN5O2S. The molecule has 184 valence electrons. The third-order valence-electron chi connectivity index (χ3n) is 6.71. The van der Waals surface area contributed by atoms with E-state index < -0.39 is 6.04 Å². The highest BCUT2D eigenvalue weighted by molar-refractivity contribution is 7.15. The second-order valence-corrected chi connectivity index (χ2v) is 10.7. The van der Waals surface area contributed by atoms with Crippen LogP contribution in [-0.4, -0.2) is 65.5 Å². The largest absolute Gasteiger partial charge is 0.379 e. The number of aromatic nitrogens is 2. The number of ether oxygens (including phenoxy) is 1.